The van der Waals surface area contributed by atoms with Crippen molar-refractivity contribution in [2.45, 2.75) is 0 Å². The van der Waals surface area contributed by atoms with E-state index in [0.717, 1.165) is 4.47 Å². The highest BCUT2D eigenvalue weighted by Gasteiger charge is 2.17. The Balaban J connectivity index is 1.44. The first-order valence-electron chi connectivity index (χ1n) is 12.6. The third kappa shape index (κ3) is 3.14. The van der Waals surface area contributed by atoms with Gasteiger partial charge in [-0.2, -0.15) is 0 Å². The number of benzene rings is 8. The summed E-state index contributed by atoms with van der Waals surface area (Å²) in [6.07, 6.45) is 0. The molecular weight excluding hydrogens is 512 g/mol. The molecule has 8 rings (SSSR count). The maximum Gasteiger partial charge on any atom is 0.0260 e. The Morgan fingerprint density at radius 1 is 0.351 bits per heavy atom. The summed E-state index contributed by atoms with van der Waals surface area (Å²) in [5.41, 5.74) is 5.04. The van der Waals surface area contributed by atoms with Crippen LogP contribution in [0.4, 0.5) is 0 Å². The number of hydrogen-bond donors (Lipinski definition) is 0. The number of rotatable bonds is 2. The molecule has 0 saturated heterocycles. The molecule has 0 N–H and O–H groups in total. The van der Waals surface area contributed by atoms with Crippen LogP contribution in [0.15, 0.2) is 132 Å². The summed E-state index contributed by atoms with van der Waals surface area (Å²) in [6.45, 7) is 0. The Bertz CT molecular complexity index is 2150. The lowest BCUT2D eigenvalue weighted by molar-refractivity contribution is 1.67. The van der Waals surface area contributed by atoms with E-state index in [2.05, 4.69) is 143 Å². The lowest BCUT2D eigenvalue weighted by atomic mass is 9.87. The molecule has 1 heteroatoms. The summed E-state index contributed by atoms with van der Waals surface area (Å²) < 4.78 is 1.13. The summed E-state index contributed by atoms with van der Waals surface area (Å²) in [5.74, 6) is 0. The minimum atomic E-state index is 1.13. The fourth-order valence-corrected chi connectivity index (χ4v) is 6.62. The summed E-state index contributed by atoms with van der Waals surface area (Å²) in [6, 6.07) is 46.8. The van der Waals surface area contributed by atoms with E-state index in [-0.39, 0.29) is 0 Å². The second-order valence-corrected chi connectivity index (χ2v) is 10.7. The van der Waals surface area contributed by atoms with Gasteiger partial charge in [-0.15, -0.1) is 0 Å². The van der Waals surface area contributed by atoms with Crippen LogP contribution in [0.25, 0.3) is 76.1 Å². The molecule has 8 aromatic rings. The zero-order chi connectivity index (χ0) is 24.5. The second-order valence-electron chi connectivity index (χ2n) is 9.89. The van der Waals surface area contributed by atoms with E-state index in [1.54, 1.807) is 0 Å². The van der Waals surface area contributed by atoms with Gasteiger partial charge in [-0.3, -0.25) is 0 Å². The zero-order valence-electron chi connectivity index (χ0n) is 20.0. The van der Waals surface area contributed by atoms with E-state index in [1.165, 1.54) is 76.1 Å². The Labute approximate surface area is 223 Å². The molecule has 0 unspecified atom stereocenters. The number of hydrogen-bond acceptors (Lipinski definition) is 0. The van der Waals surface area contributed by atoms with Gasteiger partial charge in [-0.25, -0.2) is 0 Å². The molecule has 0 atom stereocenters. The largest absolute Gasteiger partial charge is 0.0616 e. The van der Waals surface area contributed by atoms with Crippen LogP contribution in [-0.2, 0) is 0 Å². The lowest BCUT2D eigenvalue weighted by Gasteiger charge is -2.18. The molecule has 0 aliphatic heterocycles. The van der Waals surface area contributed by atoms with Crippen molar-refractivity contribution in [2.75, 3.05) is 0 Å². The van der Waals surface area contributed by atoms with Crippen molar-refractivity contribution < 1.29 is 0 Å². The van der Waals surface area contributed by atoms with Crippen molar-refractivity contribution in [3.8, 4) is 22.3 Å². The first-order valence-corrected chi connectivity index (χ1v) is 13.4. The molecule has 172 valence electrons. The van der Waals surface area contributed by atoms with E-state index in [4.69, 9.17) is 0 Å². The Morgan fingerprint density at radius 2 is 0.865 bits per heavy atom. The van der Waals surface area contributed by atoms with Crippen molar-refractivity contribution in [1.82, 2.24) is 0 Å². The Kier molecular flexibility index (Phi) is 4.47. The topological polar surface area (TPSA) is 0 Å². The van der Waals surface area contributed by atoms with Gasteiger partial charge in [-0.05, 0) is 94.3 Å². The predicted octanol–water partition coefficient (Wildman–Crippen LogP) is 11.0. The number of halogens is 1. The maximum absolute atomic E-state index is 3.93. The van der Waals surface area contributed by atoms with Gasteiger partial charge in [0.15, 0.2) is 0 Å². The van der Waals surface area contributed by atoms with Gasteiger partial charge in [0.05, 0.1) is 0 Å². The molecule has 0 fully saturated rings. The molecule has 0 nitrogen and oxygen atoms in total. The highest BCUT2D eigenvalue weighted by atomic mass is 79.9. The third-order valence-corrected chi connectivity index (χ3v) is 8.51. The van der Waals surface area contributed by atoms with Gasteiger partial charge in [0.2, 0.25) is 0 Å². The van der Waals surface area contributed by atoms with E-state index < -0.39 is 0 Å². The molecule has 8 aromatic carbocycles. The normalized spacial score (nSPS) is 11.9. The molecule has 0 aliphatic carbocycles. The minimum absolute atomic E-state index is 1.13. The molecule has 0 aliphatic rings. The molecule has 0 saturated carbocycles. The van der Waals surface area contributed by atoms with Gasteiger partial charge < -0.3 is 0 Å². The van der Waals surface area contributed by atoms with E-state index in [9.17, 15) is 0 Å². The Morgan fingerprint density at radius 3 is 1.57 bits per heavy atom. The van der Waals surface area contributed by atoms with Crippen LogP contribution in [-0.4, -0.2) is 0 Å². The second kappa shape index (κ2) is 7.90. The molecule has 37 heavy (non-hydrogen) atoms. The molecule has 0 amide bonds. The molecular formula is C36H21Br. The molecule has 0 radical (unpaired) electrons. The molecule has 0 aromatic heterocycles. The van der Waals surface area contributed by atoms with E-state index in [1.807, 2.05) is 0 Å². The summed E-state index contributed by atoms with van der Waals surface area (Å²) in [7, 11) is 0. The average Bonchev–Trinajstić information content (AvgIpc) is 2.96. The fraction of sp³-hybridized carbons (Fsp3) is 0. The summed E-state index contributed by atoms with van der Waals surface area (Å²) in [5, 5.41) is 12.9. The van der Waals surface area contributed by atoms with Crippen molar-refractivity contribution in [2.24, 2.45) is 0 Å². The molecule has 0 bridgehead atoms. The van der Waals surface area contributed by atoms with Crippen LogP contribution in [0.3, 0.4) is 0 Å². The van der Waals surface area contributed by atoms with Crippen molar-refractivity contribution in [1.29, 1.82) is 0 Å². The highest BCUT2D eigenvalue weighted by Crippen LogP contribution is 2.45. The van der Waals surface area contributed by atoms with Gasteiger partial charge in [0.1, 0.15) is 0 Å². The third-order valence-electron chi connectivity index (χ3n) is 7.85. The first-order chi connectivity index (χ1) is 18.2. The van der Waals surface area contributed by atoms with Crippen LogP contribution in [0.5, 0.6) is 0 Å². The summed E-state index contributed by atoms with van der Waals surface area (Å²) >= 11 is 3.93. The van der Waals surface area contributed by atoms with Gasteiger partial charge in [0, 0.05) is 4.47 Å². The quantitative estimate of drug-likeness (QED) is 0.194. The predicted molar refractivity (Wildman–Crippen MR) is 164 cm³/mol. The molecule has 0 spiro atoms. The van der Waals surface area contributed by atoms with Crippen molar-refractivity contribution in [3.63, 3.8) is 0 Å². The first kappa shape index (κ1) is 20.9. The maximum atomic E-state index is 3.93. The van der Waals surface area contributed by atoms with Gasteiger partial charge in [0.25, 0.3) is 0 Å². The van der Waals surface area contributed by atoms with Crippen molar-refractivity contribution in [3.05, 3.63) is 132 Å². The standard InChI is InChI=1S/C36H21Br/c37-34-21-33(28-12-10-23-6-2-4-8-26(23)20-28)31-16-14-24-13-15-29(30-17-18-32(34)36(31)35(24)30)27-11-9-22-5-1-3-7-25(22)19-27/h1-21H. The Hall–Kier alpha value is -4.20. The monoisotopic (exact) mass is 532 g/mol. The summed E-state index contributed by atoms with van der Waals surface area (Å²) in [4.78, 5) is 0. The smallest absolute Gasteiger partial charge is 0.0260 e. The number of fused-ring (bicyclic) bond motifs is 2. The van der Waals surface area contributed by atoms with Gasteiger partial charge >= 0.3 is 0 Å². The lowest BCUT2D eigenvalue weighted by Crippen LogP contribution is -1.90. The van der Waals surface area contributed by atoms with Crippen molar-refractivity contribution >= 4 is 69.8 Å². The van der Waals surface area contributed by atoms with Crippen LogP contribution in [0, 0.1) is 0 Å². The van der Waals surface area contributed by atoms with E-state index in [0.29, 0.717) is 0 Å². The van der Waals surface area contributed by atoms with Crippen LogP contribution in [0.1, 0.15) is 0 Å². The zero-order valence-corrected chi connectivity index (χ0v) is 21.6. The van der Waals surface area contributed by atoms with Crippen LogP contribution >= 0.6 is 15.9 Å². The minimum Gasteiger partial charge on any atom is -0.0616 e. The van der Waals surface area contributed by atoms with Gasteiger partial charge in [-0.1, -0.05) is 125 Å². The van der Waals surface area contributed by atoms with Crippen LogP contribution < -0.4 is 0 Å². The molecule has 0 heterocycles. The SMILES string of the molecule is Brc1cc(-c2ccc3ccccc3c2)c2ccc3ccc(-c4ccc5ccccc5c4)c4ccc1c2c34. The average molecular weight is 533 g/mol. The van der Waals surface area contributed by atoms with Crippen LogP contribution in [0.2, 0.25) is 0 Å². The fourth-order valence-electron chi connectivity index (χ4n) is 6.06. The van der Waals surface area contributed by atoms with E-state index >= 15 is 0 Å². The highest BCUT2D eigenvalue weighted by molar-refractivity contribution is 9.10.